The van der Waals surface area contributed by atoms with E-state index in [-0.39, 0.29) is 24.3 Å². The summed E-state index contributed by atoms with van der Waals surface area (Å²) in [5, 5.41) is 10.9. The minimum absolute atomic E-state index is 0.0258. The number of halogens is 3. The summed E-state index contributed by atoms with van der Waals surface area (Å²) < 4.78 is 11.1. The van der Waals surface area contributed by atoms with E-state index in [1.54, 1.807) is 11.6 Å². The van der Waals surface area contributed by atoms with Crippen LogP contribution in [0.2, 0.25) is 0 Å². The molecular weight excluding hydrogens is 650 g/mol. The van der Waals surface area contributed by atoms with Gasteiger partial charge >= 0.3 is 5.69 Å². The summed E-state index contributed by atoms with van der Waals surface area (Å²) in [6.07, 6.45) is -0.977. The molecule has 2 aromatic carbocycles. The lowest BCUT2D eigenvalue weighted by atomic mass is 10.2. The predicted octanol–water partition coefficient (Wildman–Crippen LogP) is 3.79. The predicted molar refractivity (Wildman–Crippen MR) is 145 cm³/mol. The fourth-order valence-electron chi connectivity index (χ4n) is 3.73. The van der Waals surface area contributed by atoms with Gasteiger partial charge in [0.15, 0.2) is 11.2 Å². The molecule has 2 heterocycles. The van der Waals surface area contributed by atoms with E-state index in [0.29, 0.717) is 27.2 Å². The van der Waals surface area contributed by atoms with Crippen molar-refractivity contribution in [2.24, 2.45) is 7.05 Å². The van der Waals surface area contributed by atoms with Crippen LogP contribution in [0.25, 0.3) is 11.2 Å². The number of aromatic amines is 1. The number of ether oxygens (including phenoxy) is 1. The molecule has 2 N–H and O–H groups in total. The van der Waals surface area contributed by atoms with Crippen LogP contribution in [0.5, 0.6) is 5.75 Å². The van der Waals surface area contributed by atoms with Crippen LogP contribution in [0, 0.1) is 0 Å². The fourth-order valence-corrected chi connectivity index (χ4v) is 6.21. The first-order valence-corrected chi connectivity index (χ1v) is 12.9. The molecule has 4 rings (SSSR count). The normalized spacial score (nSPS) is 12.2. The molecule has 0 fully saturated rings. The molecule has 0 saturated carbocycles. The first kappa shape index (κ1) is 25.7. The van der Waals surface area contributed by atoms with Crippen LogP contribution in [-0.2, 0) is 20.1 Å². The van der Waals surface area contributed by atoms with E-state index >= 15 is 0 Å². The van der Waals surface area contributed by atoms with Gasteiger partial charge < -0.3 is 19.3 Å². The van der Waals surface area contributed by atoms with Gasteiger partial charge in [0.1, 0.15) is 18.5 Å². The summed E-state index contributed by atoms with van der Waals surface area (Å²) >= 11 is 10.3. The third-order valence-electron chi connectivity index (χ3n) is 5.37. The van der Waals surface area contributed by atoms with Crippen LogP contribution in [-0.4, -0.2) is 44.0 Å². The molecule has 0 aliphatic heterocycles. The number of aliphatic hydroxyl groups excluding tert-OH is 1. The number of aryl methyl sites for hydroxylation is 1. The molecule has 9 nitrogen and oxygen atoms in total. The maximum absolute atomic E-state index is 12.8. The number of nitrogens with zero attached hydrogens (tertiary/aromatic N) is 4. The molecule has 0 aliphatic carbocycles. The number of H-pyrrole nitrogens is 1. The van der Waals surface area contributed by atoms with Crippen LogP contribution < -0.4 is 20.9 Å². The number of rotatable bonds is 8. The second-order valence-corrected chi connectivity index (χ2v) is 10.6. The standard InChI is InChI=1S/C23H22Br3N5O4/c1-29(10-13-6-4-3-5-7-13)22-27-20-18(21(33)28-23(34)30(20)2)31(22)11-15(32)12-35-19-16(25)8-14(24)9-17(19)26/h3-9,15,32H,10-12H2,1-2H3,(H,28,33,34)/t15-/m1/s1. The fraction of sp³-hybridized carbons (Fsp3) is 0.261. The van der Waals surface area contributed by atoms with E-state index in [2.05, 4.69) is 57.8 Å². The Hall–Kier alpha value is -2.41. The minimum Gasteiger partial charge on any atom is -0.488 e. The van der Waals surface area contributed by atoms with E-state index < -0.39 is 17.4 Å². The maximum Gasteiger partial charge on any atom is 0.329 e. The topological polar surface area (TPSA) is 105 Å². The number of aromatic nitrogens is 4. The molecule has 12 heteroatoms. The largest absolute Gasteiger partial charge is 0.488 e. The highest BCUT2D eigenvalue weighted by molar-refractivity contribution is 9.11. The van der Waals surface area contributed by atoms with Gasteiger partial charge in [0.05, 0.1) is 15.5 Å². The highest BCUT2D eigenvalue weighted by Gasteiger charge is 2.22. The summed E-state index contributed by atoms with van der Waals surface area (Å²) in [5.41, 5.74) is 0.358. The summed E-state index contributed by atoms with van der Waals surface area (Å²) in [6.45, 7) is 0.503. The highest BCUT2D eigenvalue weighted by Crippen LogP contribution is 2.36. The van der Waals surface area contributed by atoms with Gasteiger partial charge in [-0.2, -0.15) is 4.98 Å². The van der Waals surface area contributed by atoms with Crippen LogP contribution >= 0.6 is 47.8 Å². The number of benzene rings is 2. The van der Waals surface area contributed by atoms with Gasteiger partial charge in [0.2, 0.25) is 5.95 Å². The van der Waals surface area contributed by atoms with Crippen molar-refractivity contribution in [3.63, 3.8) is 0 Å². The molecule has 4 aromatic rings. The summed E-state index contributed by atoms with van der Waals surface area (Å²) in [4.78, 5) is 33.7. The van der Waals surface area contributed by atoms with Crippen LogP contribution in [0.15, 0.2) is 65.5 Å². The molecule has 0 unspecified atom stereocenters. The number of hydrogen-bond acceptors (Lipinski definition) is 6. The molecule has 0 amide bonds. The lowest BCUT2D eigenvalue weighted by Gasteiger charge is -2.22. The Labute approximate surface area is 225 Å². The Bertz CT molecular complexity index is 1460. The maximum atomic E-state index is 12.8. The zero-order chi connectivity index (χ0) is 25.3. The third-order valence-corrected chi connectivity index (χ3v) is 7.00. The van der Waals surface area contributed by atoms with Crippen molar-refractivity contribution in [2.45, 2.75) is 19.2 Å². The Morgan fingerprint density at radius 1 is 1.14 bits per heavy atom. The number of hydrogen-bond donors (Lipinski definition) is 2. The molecule has 184 valence electrons. The van der Waals surface area contributed by atoms with E-state index in [4.69, 9.17) is 4.74 Å². The quantitative estimate of drug-likeness (QED) is 0.296. The van der Waals surface area contributed by atoms with Crippen molar-refractivity contribution in [3.8, 4) is 5.75 Å². The molecule has 0 bridgehead atoms. The first-order valence-electron chi connectivity index (χ1n) is 10.6. The average Bonchev–Trinajstić information content (AvgIpc) is 3.17. The van der Waals surface area contributed by atoms with E-state index in [0.717, 1.165) is 10.0 Å². The molecule has 0 spiro atoms. The third kappa shape index (κ3) is 5.55. The zero-order valence-electron chi connectivity index (χ0n) is 18.8. The van der Waals surface area contributed by atoms with Gasteiger partial charge in [-0.25, -0.2) is 4.79 Å². The molecule has 2 aromatic heterocycles. The SMILES string of the molecule is CN(Cc1ccccc1)c1nc2c(c(=O)[nH]c(=O)n2C)n1C[C@@H](O)COc1c(Br)cc(Br)cc1Br. The summed E-state index contributed by atoms with van der Waals surface area (Å²) in [7, 11) is 3.39. The number of anilines is 1. The smallest absolute Gasteiger partial charge is 0.329 e. The van der Waals surface area contributed by atoms with Crippen molar-refractivity contribution in [3.05, 3.63) is 82.3 Å². The minimum atomic E-state index is -0.977. The second kappa shape index (κ2) is 10.7. The monoisotopic (exact) mass is 669 g/mol. The Morgan fingerprint density at radius 2 is 1.80 bits per heavy atom. The van der Waals surface area contributed by atoms with Gasteiger partial charge in [-0.05, 0) is 49.6 Å². The highest BCUT2D eigenvalue weighted by atomic mass is 79.9. The molecule has 0 saturated heterocycles. The van der Waals surface area contributed by atoms with Gasteiger partial charge in [-0.1, -0.05) is 46.3 Å². The lowest BCUT2D eigenvalue weighted by Crippen LogP contribution is -2.31. The van der Waals surface area contributed by atoms with Crippen molar-refractivity contribution >= 4 is 64.9 Å². The van der Waals surface area contributed by atoms with Crippen LogP contribution in [0.1, 0.15) is 5.56 Å². The van der Waals surface area contributed by atoms with Crippen molar-refractivity contribution in [1.29, 1.82) is 0 Å². The lowest BCUT2D eigenvalue weighted by molar-refractivity contribution is 0.0929. The number of aliphatic hydroxyl groups is 1. The molecule has 0 radical (unpaired) electrons. The molecule has 1 atom stereocenters. The summed E-state index contributed by atoms with van der Waals surface area (Å²) in [5.74, 6) is 0.991. The van der Waals surface area contributed by atoms with Crippen molar-refractivity contribution in [1.82, 2.24) is 19.1 Å². The Morgan fingerprint density at radius 3 is 2.46 bits per heavy atom. The average molecular weight is 672 g/mol. The van der Waals surface area contributed by atoms with E-state index in [9.17, 15) is 14.7 Å². The van der Waals surface area contributed by atoms with Gasteiger partial charge in [-0.15, -0.1) is 0 Å². The van der Waals surface area contributed by atoms with Crippen LogP contribution in [0.3, 0.4) is 0 Å². The first-order chi connectivity index (χ1) is 16.7. The van der Waals surface area contributed by atoms with E-state index in [1.807, 2.05) is 54.4 Å². The van der Waals surface area contributed by atoms with Crippen LogP contribution in [0.4, 0.5) is 5.95 Å². The molecule has 0 aliphatic rings. The number of fused-ring (bicyclic) bond motifs is 1. The van der Waals surface area contributed by atoms with E-state index in [1.165, 1.54) is 4.57 Å². The molecular formula is C23H22Br3N5O4. The number of imidazole rings is 1. The van der Waals surface area contributed by atoms with Crippen molar-refractivity contribution < 1.29 is 9.84 Å². The Kier molecular flexibility index (Phi) is 7.84. The zero-order valence-corrected chi connectivity index (χ0v) is 23.6. The molecule has 35 heavy (non-hydrogen) atoms. The second-order valence-electron chi connectivity index (χ2n) is 8.02. The summed E-state index contributed by atoms with van der Waals surface area (Å²) in [6, 6.07) is 13.5. The van der Waals surface area contributed by atoms with Gasteiger partial charge in [0.25, 0.3) is 5.56 Å². The Balaban J connectivity index is 1.67. The number of nitrogens with one attached hydrogen (secondary N) is 1. The van der Waals surface area contributed by atoms with Gasteiger partial charge in [0, 0.05) is 25.1 Å². The van der Waals surface area contributed by atoms with Gasteiger partial charge in [-0.3, -0.25) is 14.3 Å². The van der Waals surface area contributed by atoms with Crippen molar-refractivity contribution in [2.75, 3.05) is 18.6 Å².